The summed E-state index contributed by atoms with van der Waals surface area (Å²) in [7, 11) is -3.89. The molecule has 0 fully saturated rings. The lowest BCUT2D eigenvalue weighted by Gasteiger charge is -2.08. The standard InChI is InChI=1S/C12H13ClN4O3S2/c1-3-10(18)14-11-15-16-12(21-11)22(19,20)17-9-6-8(13)5-4-7(9)2/h4-6,17H,3H2,1-2H3,(H,14,15,18). The molecule has 0 aliphatic carbocycles. The molecule has 0 aliphatic heterocycles. The number of halogens is 1. The molecule has 1 amide bonds. The first-order valence-corrected chi connectivity index (χ1v) is 8.92. The third kappa shape index (κ3) is 3.93. The van der Waals surface area contributed by atoms with Crippen molar-refractivity contribution in [1.29, 1.82) is 0 Å². The molecule has 0 saturated heterocycles. The summed E-state index contributed by atoms with van der Waals surface area (Å²) >= 11 is 6.64. The number of aryl methyl sites for hydroxylation is 1. The van der Waals surface area contributed by atoms with Crippen molar-refractivity contribution in [3.05, 3.63) is 28.8 Å². The summed E-state index contributed by atoms with van der Waals surface area (Å²) < 4.78 is 26.7. The molecule has 2 rings (SSSR count). The monoisotopic (exact) mass is 360 g/mol. The molecule has 1 aromatic carbocycles. The van der Waals surface area contributed by atoms with Gasteiger partial charge in [0.15, 0.2) is 0 Å². The topological polar surface area (TPSA) is 101 Å². The number of anilines is 2. The molecular formula is C12H13ClN4O3S2. The highest BCUT2D eigenvalue weighted by Gasteiger charge is 2.21. The van der Waals surface area contributed by atoms with Crippen LogP contribution in [0, 0.1) is 6.92 Å². The maximum absolute atomic E-state index is 12.3. The zero-order valence-corrected chi connectivity index (χ0v) is 14.1. The van der Waals surface area contributed by atoms with Gasteiger partial charge in [-0.3, -0.25) is 9.52 Å². The maximum Gasteiger partial charge on any atom is 0.291 e. The molecule has 118 valence electrons. The molecule has 2 aromatic rings. The maximum atomic E-state index is 12.3. The van der Waals surface area contributed by atoms with Crippen molar-refractivity contribution in [2.45, 2.75) is 24.6 Å². The molecule has 0 radical (unpaired) electrons. The van der Waals surface area contributed by atoms with Crippen LogP contribution in [0.15, 0.2) is 22.5 Å². The van der Waals surface area contributed by atoms with E-state index >= 15 is 0 Å². The van der Waals surface area contributed by atoms with Gasteiger partial charge in [0.25, 0.3) is 14.4 Å². The molecule has 0 unspecified atom stereocenters. The number of nitrogens with one attached hydrogen (secondary N) is 2. The molecule has 2 N–H and O–H groups in total. The van der Waals surface area contributed by atoms with Crippen molar-refractivity contribution >= 4 is 49.7 Å². The Morgan fingerprint density at radius 3 is 2.77 bits per heavy atom. The van der Waals surface area contributed by atoms with Crippen LogP contribution in [0.2, 0.25) is 5.02 Å². The van der Waals surface area contributed by atoms with Gasteiger partial charge >= 0.3 is 0 Å². The van der Waals surface area contributed by atoms with Gasteiger partial charge in [-0.2, -0.15) is 8.42 Å². The number of hydrogen-bond acceptors (Lipinski definition) is 6. The number of hydrogen-bond donors (Lipinski definition) is 2. The number of carbonyl (C=O) groups excluding carboxylic acids is 1. The third-order valence-electron chi connectivity index (χ3n) is 2.65. The molecule has 7 nitrogen and oxygen atoms in total. The molecule has 0 saturated carbocycles. The Balaban J connectivity index is 2.23. The van der Waals surface area contributed by atoms with Crippen LogP contribution in [-0.4, -0.2) is 24.5 Å². The second-order valence-corrected chi connectivity index (χ2v) is 7.61. The summed E-state index contributed by atoms with van der Waals surface area (Å²) in [5, 5.41) is 10.2. The second kappa shape index (κ2) is 6.59. The Hall–Kier alpha value is -1.71. The van der Waals surface area contributed by atoms with E-state index in [-0.39, 0.29) is 21.8 Å². The van der Waals surface area contributed by atoms with E-state index in [1.54, 1.807) is 26.0 Å². The Bertz CT molecular complexity index is 804. The average molecular weight is 361 g/mol. The van der Waals surface area contributed by atoms with Gasteiger partial charge in [-0.1, -0.05) is 35.9 Å². The van der Waals surface area contributed by atoms with E-state index in [1.165, 1.54) is 6.07 Å². The van der Waals surface area contributed by atoms with E-state index in [2.05, 4.69) is 20.2 Å². The van der Waals surface area contributed by atoms with Gasteiger partial charge in [-0.25, -0.2) is 0 Å². The predicted molar refractivity (Wildman–Crippen MR) is 85.8 cm³/mol. The minimum atomic E-state index is -3.89. The highest BCUT2D eigenvalue weighted by atomic mass is 35.5. The first kappa shape index (κ1) is 16.7. The highest BCUT2D eigenvalue weighted by molar-refractivity contribution is 7.94. The van der Waals surface area contributed by atoms with Crippen molar-refractivity contribution in [1.82, 2.24) is 10.2 Å². The van der Waals surface area contributed by atoms with Gasteiger partial charge in [-0.15, -0.1) is 10.2 Å². The Labute approximate surface area is 136 Å². The summed E-state index contributed by atoms with van der Waals surface area (Å²) in [6, 6.07) is 4.88. The average Bonchev–Trinajstić information content (AvgIpc) is 2.92. The van der Waals surface area contributed by atoms with Crippen LogP contribution in [0.5, 0.6) is 0 Å². The van der Waals surface area contributed by atoms with Gasteiger partial charge in [0, 0.05) is 11.4 Å². The molecule has 0 atom stereocenters. The van der Waals surface area contributed by atoms with Gasteiger partial charge < -0.3 is 5.32 Å². The molecule has 0 aliphatic rings. The molecule has 22 heavy (non-hydrogen) atoms. The minimum absolute atomic E-state index is 0.134. The smallest absolute Gasteiger partial charge is 0.291 e. The van der Waals surface area contributed by atoms with Crippen molar-refractivity contribution in [2.75, 3.05) is 10.0 Å². The van der Waals surface area contributed by atoms with Crippen LogP contribution in [0.1, 0.15) is 18.9 Å². The van der Waals surface area contributed by atoms with Crippen LogP contribution in [0.3, 0.4) is 0 Å². The number of carbonyl (C=O) groups is 1. The Kier molecular flexibility index (Phi) is 4.99. The van der Waals surface area contributed by atoms with Crippen LogP contribution in [-0.2, 0) is 14.8 Å². The van der Waals surface area contributed by atoms with Gasteiger partial charge in [0.05, 0.1) is 5.69 Å². The zero-order chi connectivity index (χ0) is 16.3. The molecule has 10 heteroatoms. The molecule has 0 spiro atoms. The van der Waals surface area contributed by atoms with Gasteiger partial charge in [0.2, 0.25) is 11.0 Å². The number of benzene rings is 1. The SMILES string of the molecule is CCC(=O)Nc1nnc(S(=O)(=O)Nc2cc(Cl)ccc2C)s1. The van der Waals surface area contributed by atoms with Crippen LogP contribution in [0.4, 0.5) is 10.8 Å². The summed E-state index contributed by atoms with van der Waals surface area (Å²) in [4.78, 5) is 11.3. The third-order valence-corrected chi connectivity index (χ3v) is 5.45. The largest absolute Gasteiger partial charge is 0.301 e. The lowest BCUT2D eigenvalue weighted by molar-refractivity contribution is -0.115. The van der Waals surface area contributed by atoms with Gasteiger partial charge in [-0.05, 0) is 24.6 Å². The fraction of sp³-hybridized carbons (Fsp3) is 0.250. The van der Waals surface area contributed by atoms with E-state index in [9.17, 15) is 13.2 Å². The fourth-order valence-electron chi connectivity index (χ4n) is 1.47. The predicted octanol–water partition coefficient (Wildman–Crippen LogP) is 2.65. The van der Waals surface area contributed by atoms with Crippen LogP contribution in [0.25, 0.3) is 0 Å². The first-order valence-electron chi connectivity index (χ1n) is 6.24. The molecule has 1 heterocycles. The summed E-state index contributed by atoms with van der Waals surface area (Å²) in [6.45, 7) is 3.43. The van der Waals surface area contributed by atoms with E-state index < -0.39 is 10.0 Å². The van der Waals surface area contributed by atoms with E-state index in [0.29, 0.717) is 10.7 Å². The Morgan fingerprint density at radius 1 is 1.36 bits per heavy atom. The van der Waals surface area contributed by atoms with E-state index in [0.717, 1.165) is 16.9 Å². The van der Waals surface area contributed by atoms with Gasteiger partial charge in [0.1, 0.15) is 0 Å². The fourth-order valence-corrected chi connectivity index (χ4v) is 3.68. The van der Waals surface area contributed by atoms with Crippen molar-refractivity contribution in [3.63, 3.8) is 0 Å². The first-order chi connectivity index (χ1) is 10.3. The Morgan fingerprint density at radius 2 is 2.09 bits per heavy atom. The summed E-state index contributed by atoms with van der Waals surface area (Å²) in [6.07, 6.45) is 0.265. The number of aromatic nitrogens is 2. The molecule has 1 aromatic heterocycles. The lowest BCUT2D eigenvalue weighted by atomic mass is 10.2. The van der Waals surface area contributed by atoms with E-state index in [1.807, 2.05) is 0 Å². The normalized spacial score (nSPS) is 11.2. The lowest BCUT2D eigenvalue weighted by Crippen LogP contribution is -2.13. The van der Waals surface area contributed by atoms with Crippen molar-refractivity contribution in [2.24, 2.45) is 0 Å². The minimum Gasteiger partial charge on any atom is -0.301 e. The van der Waals surface area contributed by atoms with Crippen molar-refractivity contribution < 1.29 is 13.2 Å². The number of sulfonamides is 1. The molecular weight excluding hydrogens is 348 g/mol. The van der Waals surface area contributed by atoms with Crippen molar-refractivity contribution in [3.8, 4) is 0 Å². The quantitative estimate of drug-likeness (QED) is 0.798. The van der Waals surface area contributed by atoms with E-state index in [4.69, 9.17) is 11.6 Å². The van der Waals surface area contributed by atoms with Crippen LogP contribution >= 0.6 is 22.9 Å². The number of rotatable bonds is 5. The summed E-state index contributed by atoms with van der Waals surface area (Å²) in [5.41, 5.74) is 1.08. The second-order valence-electron chi connectivity index (χ2n) is 4.34. The van der Waals surface area contributed by atoms with Crippen LogP contribution < -0.4 is 10.0 Å². The number of nitrogens with zero attached hydrogens (tertiary/aromatic N) is 2. The molecule has 0 bridgehead atoms. The number of amides is 1. The summed E-state index contributed by atoms with van der Waals surface area (Å²) in [5.74, 6) is -0.265. The highest BCUT2D eigenvalue weighted by Crippen LogP contribution is 2.26. The zero-order valence-electron chi connectivity index (χ0n) is 11.8.